The van der Waals surface area contributed by atoms with Gasteiger partial charge in [0.2, 0.25) is 0 Å². The van der Waals surface area contributed by atoms with E-state index in [4.69, 9.17) is 37.4 Å². The number of anilines is 1. The number of methoxy groups -OCH3 is 1. The number of nitrogens with zero attached hydrogens (tertiary/aromatic N) is 4. The van der Waals surface area contributed by atoms with Gasteiger partial charge in [-0.2, -0.15) is 0 Å². The van der Waals surface area contributed by atoms with Crippen LogP contribution in [0.2, 0.25) is 10.2 Å². The molecule has 0 unspecified atom stereocenters. The highest BCUT2D eigenvalue weighted by molar-refractivity contribution is 6.34. The molecular weight excluding hydrogens is 604 g/mol. The number of aromatic nitrogens is 4. The first kappa shape index (κ1) is 29.0. The zero-order valence-corrected chi connectivity index (χ0v) is 25.9. The molecule has 0 radical (unpaired) electrons. The van der Waals surface area contributed by atoms with E-state index in [1.165, 1.54) is 6.33 Å². The maximum atomic E-state index is 15.3. The van der Waals surface area contributed by atoms with Crippen LogP contribution in [-0.2, 0) is 22.4 Å². The van der Waals surface area contributed by atoms with Gasteiger partial charge in [-0.15, -0.1) is 0 Å². The van der Waals surface area contributed by atoms with Crippen molar-refractivity contribution in [2.24, 2.45) is 0 Å². The predicted octanol–water partition coefficient (Wildman–Crippen LogP) is 7.68. The van der Waals surface area contributed by atoms with Gasteiger partial charge in [-0.25, -0.2) is 19.3 Å². The van der Waals surface area contributed by atoms with Gasteiger partial charge in [0.15, 0.2) is 5.79 Å². The Kier molecular flexibility index (Phi) is 7.45. The lowest BCUT2D eigenvalue weighted by molar-refractivity contribution is -0.147. The molecule has 0 spiro atoms. The van der Waals surface area contributed by atoms with Crippen molar-refractivity contribution in [1.82, 2.24) is 19.5 Å². The van der Waals surface area contributed by atoms with Crippen LogP contribution in [-0.4, -0.2) is 44.6 Å². The molecule has 8 nitrogen and oxygen atoms in total. The number of pyridine rings is 1. The van der Waals surface area contributed by atoms with E-state index < -0.39 is 5.79 Å². The first-order valence-corrected chi connectivity index (χ1v) is 15.1. The third-order valence-electron chi connectivity index (χ3n) is 8.22. The minimum Gasteiger partial charge on any atom is -0.497 e. The van der Waals surface area contributed by atoms with Crippen molar-refractivity contribution in [3.05, 3.63) is 99.8 Å². The standard InChI is InChI=1S/C33H30Cl2FN5O3/c1-33(2)43-28-20(14-27(29(28)44-33)41-11-10-22-30(35)38-17-39-32(22)41)7-4-19-12-25(36)23-15-24(34)31(40-26(23)13-19)37-16-18-5-8-21(42-3)9-6-18/h5-6,8-15,17,27-29H,4,7,16H2,1-3H3,(H,37,40)/t27-,28-,29+/m1/s1. The number of hydrogen-bond acceptors (Lipinski definition) is 7. The van der Waals surface area contributed by atoms with E-state index in [1.807, 2.05) is 56.4 Å². The minimum atomic E-state index is -0.740. The number of benzene rings is 2. The number of ether oxygens (including phenoxy) is 3. The molecule has 4 heterocycles. The Bertz CT molecular complexity index is 1910. The van der Waals surface area contributed by atoms with Gasteiger partial charge >= 0.3 is 0 Å². The summed E-state index contributed by atoms with van der Waals surface area (Å²) in [4.78, 5) is 13.3. The van der Waals surface area contributed by atoms with Crippen LogP contribution in [0.1, 0.15) is 37.4 Å². The average molecular weight is 635 g/mol. The van der Waals surface area contributed by atoms with Crippen molar-refractivity contribution < 1.29 is 18.6 Å². The van der Waals surface area contributed by atoms with Crippen molar-refractivity contribution >= 4 is 51.0 Å². The maximum absolute atomic E-state index is 15.3. The van der Waals surface area contributed by atoms with E-state index in [1.54, 1.807) is 19.2 Å². The summed E-state index contributed by atoms with van der Waals surface area (Å²) in [5, 5.41) is 5.20. The van der Waals surface area contributed by atoms with Gasteiger partial charge in [-0.05, 0) is 79.8 Å². The Labute approximate surface area is 263 Å². The topological polar surface area (TPSA) is 83.3 Å². The Morgan fingerprint density at radius 1 is 1.00 bits per heavy atom. The molecule has 226 valence electrons. The fourth-order valence-corrected chi connectivity index (χ4v) is 6.54. The molecule has 0 saturated carbocycles. The molecule has 1 fully saturated rings. The van der Waals surface area contributed by atoms with E-state index in [2.05, 4.69) is 30.9 Å². The molecule has 1 N–H and O–H groups in total. The fraction of sp³-hybridized carbons (Fsp3) is 0.303. The van der Waals surface area contributed by atoms with Gasteiger partial charge in [-0.3, -0.25) is 0 Å². The summed E-state index contributed by atoms with van der Waals surface area (Å²) in [6.45, 7) is 4.35. The van der Waals surface area contributed by atoms with Crippen LogP contribution in [0.3, 0.4) is 0 Å². The van der Waals surface area contributed by atoms with Gasteiger partial charge in [0.25, 0.3) is 0 Å². The second-order valence-corrected chi connectivity index (χ2v) is 12.3. The lowest BCUT2D eigenvalue weighted by Gasteiger charge is -2.22. The average Bonchev–Trinajstić information content (AvgIpc) is 3.67. The second kappa shape index (κ2) is 11.3. The van der Waals surface area contributed by atoms with Crippen LogP contribution in [0.4, 0.5) is 10.2 Å². The molecule has 0 amide bonds. The number of halogens is 3. The summed E-state index contributed by atoms with van der Waals surface area (Å²) in [6.07, 6.45) is 6.38. The van der Waals surface area contributed by atoms with Gasteiger partial charge in [0.05, 0.1) is 29.1 Å². The lowest BCUT2D eigenvalue weighted by Crippen LogP contribution is -2.27. The van der Waals surface area contributed by atoms with E-state index in [0.29, 0.717) is 46.3 Å². The fourth-order valence-electron chi connectivity index (χ4n) is 6.13. The number of hydrogen-bond donors (Lipinski definition) is 1. The quantitative estimate of drug-likeness (QED) is 0.139. The zero-order valence-electron chi connectivity index (χ0n) is 24.4. The summed E-state index contributed by atoms with van der Waals surface area (Å²) in [5.41, 5.74) is 4.23. The molecule has 0 bridgehead atoms. The molecule has 44 heavy (non-hydrogen) atoms. The molecule has 1 aliphatic heterocycles. The molecule has 5 aromatic rings. The molecule has 2 aromatic carbocycles. The highest BCUT2D eigenvalue weighted by atomic mass is 35.5. The molecule has 11 heteroatoms. The van der Waals surface area contributed by atoms with Gasteiger partial charge in [-0.1, -0.05) is 41.4 Å². The summed E-state index contributed by atoms with van der Waals surface area (Å²) >= 11 is 12.8. The second-order valence-electron chi connectivity index (χ2n) is 11.5. The largest absolute Gasteiger partial charge is 0.497 e. The highest BCUT2D eigenvalue weighted by Crippen LogP contribution is 2.45. The van der Waals surface area contributed by atoms with Crippen LogP contribution < -0.4 is 10.1 Å². The van der Waals surface area contributed by atoms with Gasteiger partial charge in [0, 0.05) is 18.1 Å². The monoisotopic (exact) mass is 633 g/mol. The summed E-state index contributed by atoms with van der Waals surface area (Å²) < 4.78 is 35.3. The summed E-state index contributed by atoms with van der Waals surface area (Å²) in [6, 6.07) is 14.6. The first-order valence-electron chi connectivity index (χ1n) is 14.4. The third kappa shape index (κ3) is 5.38. The predicted molar refractivity (Wildman–Crippen MR) is 169 cm³/mol. The first-order chi connectivity index (χ1) is 21.2. The summed E-state index contributed by atoms with van der Waals surface area (Å²) in [7, 11) is 1.63. The van der Waals surface area contributed by atoms with Crippen LogP contribution in [0.5, 0.6) is 5.75 Å². The third-order valence-corrected chi connectivity index (χ3v) is 8.81. The molecule has 2 aliphatic rings. The number of rotatable bonds is 8. The highest BCUT2D eigenvalue weighted by Gasteiger charge is 2.50. The Hall–Kier alpha value is -3.76. The Balaban J connectivity index is 1.13. The molecule has 1 saturated heterocycles. The lowest BCUT2D eigenvalue weighted by atomic mass is 10.0. The number of fused-ring (bicyclic) bond motifs is 3. The maximum Gasteiger partial charge on any atom is 0.164 e. The van der Waals surface area contributed by atoms with Gasteiger partial charge < -0.3 is 24.1 Å². The van der Waals surface area contributed by atoms with Crippen LogP contribution >= 0.6 is 23.2 Å². The van der Waals surface area contributed by atoms with Crippen molar-refractivity contribution in [3.8, 4) is 5.75 Å². The van der Waals surface area contributed by atoms with Crippen molar-refractivity contribution in [3.63, 3.8) is 0 Å². The van der Waals surface area contributed by atoms with E-state index in [-0.39, 0.29) is 24.1 Å². The van der Waals surface area contributed by atoms with Crippen molar-refractivity contribution in [2.75, 3.05) is 12.4 Å². The molecule has 3 aromatic heterocycles. The van der Waals surface area contributed by atoms with Crippen LogP contribution in [0.25, 0.3) is 21.9 Å². The smallest absolute Gasteiger partial charge is 0.164 e. The number of aryl methyl sites for hydroxylation is 1. The Morgan fingerprint density at radius 2 is 1.82 bits per heavy atom. The van der Waals surface area contributed by atoms with E-state index >= 15 is 4.39 Å². The molecule has 1 aliphatic carbocycles. The normalized spacial score (nSPS) is 20.7. The zero-order chi connectivity index (χ0) is 30.6. The molecule has 3 atom stereocenters. The van der Waals surface area contributed by atoms with E-state index in [9.17, 15) is 0 Å². The molecular formula is C33H30Cl2FN5O3. The SMILES string of the molecule is COc1ccc(CNc2nc3cc(CCC4=C[C@@H](n5ccc6c(Cl)ncnc65)[C@@H]5OC(C)(C)O[C@H]45)cc(F)c3cc2Cl)cc1. The van der Waals surface area contributed by atoms with Crippen LogP contribution in [0, 0.1) is 5.82 Å². The van der Waals surface area contributed by atoms with E-state index in [0.717, 1.165) is 33.5 Å². The number of nitrogens with one attached hydrogen (secondary N) is 1. The van der Waals surface area contributed by atoms with Crippen molar-refractivity contribution in [2.45, 2.75) is 57.3 Å². The Morgan fingerprint density at radius 3 is 2.61 bits per heavy atom. The van der Waals surface area contributed by atoms with Crippen molar-refractivity contribution in [1.29, 1.82) is 0 Å². The minimum absolute atomic E-state index is 0.142. The van der Waals surface area contributed by atoms with Gasteiger partial charge in [0.1, 0.15) is 46.7 Å². The molecule has 7 rings (SSSR count). The van der Waals surface area contributed by atoms with Crippen LogP contribution in [0.15, 0.2) is 72.7 Å². The summed E-state index contributed by atoms with van der Waals surface area (Å²) in [5.74, 6) is 0.182.